The van der Waals surface area contributed by atoms with Gasteiger partial charge in [-0.3, -0.25) is 0 Å². The third-order valence-electron chi connectivity index (χ3n) is 2.99. The van der Waals surface area contributed by atoms with Crippen LogP contribution < -0.4 is 10.6 Å². The molecule has 2 amide bonds. The number of oxazole rings is 1. The van der Waals surface area contributed by atoms with Crippen molar-refractivity contribution >= 4 is 12.0 Å². The number of aryl methyl sites for hydroxylation is 2. The quantitative estimate of drug-likeness (QED) is 0.733. The molecule has 0 saturated heterocycles. The van der Waals surface area contributed by atoms with Gasteiger partial charge in [-0.2, -0.15) is 0 Å². The largest absolute Gasteiger partial charge is 0.480 e. The highest BCUT2D eigenvalue weighted by molar-refractivity contribution is 5.88. The Hall–Kier alpha value is -2.05. The first-order valence-corrected chi connectivity index (χ1v) is 5.65. The number of nitrogens with zero attached hydrogens (tertiary/aromatic N) is 1. The Balaban J connectivity index is 1.84. The summed E-state index contributed by atoms with van der Waals surface area (Å²) in [5, 5.41) is 13.9. The minimum absolute atomic E-state index is 0.135. The molecular formula is C11H15N3O4. The van der Waals surface area contributed by atoms with Gasteiger partial charge < -0.3 is 20.2 Å². The maximum atomic E-state index is 11.5. The summed E-state index contributed by atoms with van der Waals surface area (Å²) in [6.07, 6.45) is 0.930. The van der Waals surface area contributed by atoms with Crippen LogP contribution in [0.1, 0.15) is 30.2 Å². The second-order valence-corrected chi connectivity index (χ2v) is 4.44. The van der Waals surface area contributed by atoms with Crippen LogP contribution in [0.25, 0.3) is 0 Å². The molecule has 98 valence electrons. The SMILES string of the molecule is Cc1nc(CNC(=O)NC2(C(=O)O)CC2)oc1C. The molecule has 1 aromatic rings. The number of nitrogens with one attached hydrogen (secondary N) is 2. The van der Waals surface area contributed by atoms with Crippen molar-refractivity contribution in [2.24, 2.45) is 0 Å². The van der Waals surface area contributed by atoms with Crippen molar-refractivity contribution in [2.45, 2.75) is 38.8 Å². The number of urea groups is 1. The molecule has 1 fully saturated rings. The fourth-order valence-corrected chi connectivity index (χ4v) is 1.55. The molecule has 0 aliphatic heterocycles. The van der Waals surface area contributed by atoms with Crippen LogP contribution in [0.15, 0.2) is 4.42 Å². The first-order chi connectivity index (χ1) is 8.43. The number of hydrogen-bond donors (Lipinski definition) is 3. The standard InChI is InChI=1S/C11H15N3O4/c1-6-7(2)18-8(13-6)5-12-10(17)14-11(3-4-11)9(15)16/h3-5H2,1-2H3,(H,15,16)(H2,12,14,17). The van der Waals surface area contributed by atoms with Gasteiger partial charge in [-0.1, -0.05) is 0 Å². The summed E-state index contributed by atoms with van der Waals surface area (Å²) in [4.78, 5) is 26.5. The maximum absolute atomic E-state index is 11.5. The fraction of sp³-hybridized carbons (Fsp3) is 0.545. The van der Waals surface area contributed by atoms with Crippen molar-refractivity contribution in [3.63, 3.8) is 0 Å². The van der Waals surface area contributed by atoms with Gasteiger partial charge in [0.05, 0.1) is 12.2 Å². The summed E-state index contributed by atoms with van der Waals surface area (Å²) in [5.41, 5.74) is -0.302. The smallest absolute Gasteiger partial charge is 0.329 e. The molecular weight excluding hydrogens is 238 g/mol. The Morgan fingerprint density at radius 2 is 2.11 bits per heavy atom. The van der Waals surface area contributed by atoms with Crippen LogP contribution >= 0.6 is 0 Å². The van der Waals surface area contributed by atoms with Crippen molar-refractivity contribution in [3.05, 3.63) is 17.3 Å². The second-order valence-electron chi connectivity index (χ2n) is 4.44. The number of carbonyl (C=O) groups is 2. The van der Waals surface area contributed by atoms with Crippen LogP contribution in [0.4, 0.5) is 4.79 Å². The molecule has 1 aliphatic rings. The van der Waals surface area contributed by atoms with E-state index in [-0.39, 0.29) is 6.54 Å². The molecule has 7 heteroatoms. The third-order valence-corrected chi connectivity index (χ3v) is 2.99. The Morgan fingerprint density at radius 1 is 1.44 bits per heavy atom. The topological polar surface area (TPSA) is 104 Å². The average molecular weight is 253 g/mol. The third kappa shape index (κ3) is 2.44. The lowest BCUT2D eigenvalue weighted by Gasteiger charge is -2.12. The van der Waals surface area contributed by atoms with Gasteiger partial charge >= 0.3 is 12.0 Å². The molecule has 0 spiro atoms. The molecule has 1 aliphatic carbocycles. The fourth-order valence-electron chi connectivity index (χ4n) is 1.55. The molecule has 1 aromatic heterocycles. The predicted octanol–water partition coefficient (Wildman–Crippen LogP) is 0.708. The number of carbonyl (C=O) groups excluding carboxylic acids is 1. The van der Waals surface area contributed by atoms with Crippen LogP contribution in [0, 0.1) is 13.8 Å². The molecule has 0 unspecified atom stereocenters. The van der Waals surface area contributed by atoms with Gasteiger partial charge in [0.2, 0.25) is 5.89 Å². The number of amides is 2. The number of carboxylic acids is 1. The molecule has 0 bridgehead atoms. The van der Waals surface area contributed by atoms with E-state index in [0.29, 0.717) is 24.5 Å². The normalized spacial score (nSPS) is 16.1. The summed E-state index contributed by atoms with van der Waals surface area (Å²) >= 11 is 0. The zero-order chi connectivity index (χ0) is 13.3. The second kappa shape index (κ2) is 4.32. The van der Waals surface area contributed by atoms with Gasteiger partial charge in [0.25, 0.3) is 0 Å². The van der Waals surface area contributed by atoms with E-state index in [2.05, 4.69) is 15.6 Å². The molecule has 3 N–H and O–H groups in total. The van der Waals surface area contributed by atoms with Crippen LogP contribution in [0.5, 0.6) is 0 Å². The average Bonchev–Trinajstić information content (AvgIpc) is 2.99. The molecule has 1 heterocycles. The van der Waals surface area contributed by atoms with Gasteiger partial charge in [-0.15, -0.1) is 0 Å². The highest BCUT2D eigenvalue weighted by Crippen LogP contribution is 2.35. The molecule has 18 heavy (non-hydrogen) atoms. The minimum Gasteiger partial charge on any atom is -0.480 e. The Morgan fingerprint density at radius 3 is 2.56 bits per heavy atom. The first-order valence-electron chi connectivity index (χ1n) is 5.65. The molecule has 2 rings (SSSR count). The molecule has 1 saturated carbocycles. The maximum Gasteiger partial charge on any atom is 0.329 e. The van der Waals surface area contributed by atoms with Gasteiger partial charge in [0.15, 0.2) is 0 Å². The van der Waals surface area contributed by atoms with Crippen LogP contribution in [-0.2, 0) is 11.3 Å². The van der Waals surface area contributed by atoms with Crippen molar-refractivity contribution in [3.8, 4) is 0 Å². The van der Waals surface area contributed by atoms with Crippen LogP contribution in [0.2, 0.25) is 0 Å². The Bertz CT molecular complexity index is 471. The van der Waals surface area contributed by atoms with Crippen molar-refractivity contribution < 1.29 is 19.1 Å². The van der Waals surface area contributed by atoms with E-state index in [1.54, 1.807) is 6.92 Å². The lowest BCUT2D eigenvalue weighted by Crippen LogP contribution is -2.47. The summed E-state index contributed by atoms with van der Waals surface area (Å²) in [6, 6.07) is -0.525. The van der Waals surface area contributed by atoms with Gasteiger partial charge in [-0.25, -0.2) is 14.6 Å². The monoisotopic (exact) mass is 253 g/mol. The first kappa shape index (κ1) is 12.4. The molecule has 7 nitrogen and oxygen atoms in total. The zero-order valence-corrected chi connectivity index (χ0v) is 10.2. The molecule has 0 atom stereocenters. The highest BCUT2D eigenvalue weighted by atomic mass is 16.4. The van der Waals surface area contributed by atoms with E-state index in [1.807, 2.05) is 6.92 Å². The van der Waals surface area contributed by atoms with Gasteiger partial charge in [0.1, 0.15) is 11.3 Å². The van der Waals surface area contributed by atoms with E-state index in [1.165, 1.54) is 0 Å². The summed E-state index contributed by atoms with van der Waals surface area (Å²) in [5.74, 6) is 0.109. The summed E-state index contributed by atoms with van der Waals surface area (Å²) in [7, 11) is 0. The van der Waals surface area contributed by atoms with Crippen LogP contribution in [-0.4, -0.2) is 27.6 Å². The van der Waals surface area contributed by atoms with E-state index in [9.17, 15) is 9.59 Å². The van der Waals surface area contributed by atoms with E-state index >= 15 is 0 Å². The van der Waals surface area contributed by atoms with E-state index < -0.39 is 17.5 Å². The predicted molar refractivity (Wildman–Crippen MR) is 60.9 cm³/mol. The number of rotatable bonds is 4. The number of aliphatic carboxylic acids is 1. The van der Waals surface area contributed by atoms with Crippen molar-refractivity contribution in [1.29, 1.82) is 0 Å². The Kier molecular flexibility index (Phi) is 2.98. The number of aromatic nitrogens is 1. The molecule has 0 aromatic carbocycles. The van der Waals surface area contributed by atoms with Crippen molar-refractivity contribution in [1.82, 2.24) is 15.6 Å². The van der Waals surface area contributed by atoms with Crippen LogP contribution in [0.3, 0.4) is 0 Å². The minimum atomic E-state index is -1.08. The van der Waals surface area contributed by atoms with Gasteiger partial charge in [0, 0.05) is 0 Å². The number of hydrogen-bond acceptors (Lipinski definition) is 4. The molecule has 0 radical (unpaired) electrons. The summed E-state index contributed by atoms with van der Waals surface area (Å²) < 4.78 is 5.29. The van der Waals surface area contributed by atoms with E-state index in [4.69, 9.17) is 9.52 Å². The Labute approximate surface area is 104 Å². The number of carboxylic acid groups (broad SMARTS) is 1. The highest BCUT2D eigenvalue weighted by Gasteiger charge is 2.51. The lowest BCUT2D eigenvalue weighted by atomic mass is 10.3. The zero-order valence-electron chi connectivity index (χ0n) is 10.2. The van der Waals surface area contributed by atoms with E-state index in [0.717, 1.165) is 5.69 Å². The van der Waals surface area contributed by atoms with Crippen molar-refractivity contribution in [2.75, 3.05) is 0 Å². The van der Waals surface area contributed by atoms with Gasteiger partial charge in [-0.05, 0) is 26.7 Å². The lowest BCUT2D eigenvalue weighted by molar-refractivity contribution is -0.140. The summed E-state index contributed by atoms with van der Waals surface area (Å²) in [6.45, 7) is 3.73.